The van der Waals surface area contributed by atoms with Crippen LogP contribution in [0.25, 0.3) is 0 Å². The molecule has 53 valence electrons. The first-order valence-electron chi connectivity index (χ1n) is 2.83. The monoisotopic (exact) mass is 130 g/mol. The molecule has 3 heteroatoms. The summed E-state index contributed by atoms with van der Waals surface area (Å²) >= 11 is 0. The molecule has 1 radical (unpaired) electrons. The quantitative estimate of drug-likeness (QED) is 0.591. The largest absolute Gasteiger partial charge is 0.465 e. The highest BCUT2D eigenvalue weighted by molar-refractivity contribution is 5.65. The fourth-order valence-corrected chi connectivity index (χ4v) is 0.330. The van der Waals surface area contributed by atoms with E-state index < -0.39 is 6.09 Å². The maximum absolute atomic E-state index is 9.99. The lowest BCUT2D eigenvalue weighted by Crippen LogP contribution is -2.33. The number of nitrogens with one attached hydrogen (secondary N) is 1. The van der Waals surface area contributed by atoms with E-state index in [0.717, 1.165) is 5.92 Å². The molecule has 2 N–H and O–H groups in total. The second-order valence-corrected chi connectivity index (χ2v) is 2.25. The van der Waals surface area contributed by atoms with E-state index in [9.17, 15) is 4.79 Å². The molecule has 9 heavy (non-hydrogen) atoms. The summed E-state index contributed by atoms with van der Waals surface area (Å²) in [4.78, 5) is 9.99. The number of amides is 1. The van der Waals surface area contributed by atoms with Gasteiger partial charge >= 0.3 is 6.09 Å². The molecule has 1 amide bonds. The van der Waals surface area contributed by atoms with Crippen LogP contribution in [0.15, 0.2) is 0 Å². The van der Waals surface area contributed by atoms with Crippen LogP contribution < -0.4 is 5.32 Å². The van der Waals surface area contributed by atoms with Crippen LogP contribution in [0.3, 0.4) is 0 Å². The van der Waals surface area contributed by atoms with Gasteiger partial charge in [0.05, 0.1) is 0 Å². The van der Waals surface area contributed by atoms with Crippen molar-refractivity contribution < 1.29 is 9.90 Å². The molecule has 0 aromatic heterocycles. The lowest BCUT2D eigenvalue weighted by molar-refractivity contribution is 0.191. The van der Waals surface area contributed by atoms with Crippen molar-refractivity contribution in [1.29, 1.82) is 0 Å². The lowest BCUT2D eigenvalue weighted by Gasteiger charge is -2.13. The highest BCUT2D eigenvalue weighted by atomic mass is 16.4. The molecule has 0 aliphatic carbocycles. The standard InChI is InChI=1S/C6H12NO2/c1-4(2)5(3)7-6(8)9/h5,7H,1-3H3,(H,8,9). The van der Waals surface area contributed by atoms with Crippen LogP contribution in [0.5, 0.6) is 0 Å². The normalized spacial score (nSPS) is 13.3. The van der Waals surface area contributed by atoms with Crippen LogP contribution in [0.1, 0.15) is 20.8 Å². The molecule has 0 aromatic rings. The van der Waals surface area contributed by atoms with E-state index in [4.69, 9.17) is 5.11 Å². The van der Waals surface area contributed by atoms with Gasteiger partial charge in [0.2, 0.25) is 0 Å². The number of carbonyl (C=O) groups is 1. The maximum atomic E-state index is 9.99. The minimum absolute atomic E-state index is 0.0394. The van der Waals surface area contributed by atoms with Gasteiger partial charge in [0.25, 0.3) is 0 Å². The zero-order chi connectivity index (χ0) is 7.44. The average Bonchev–Trinajstić information content (AvgIpc) is 1.63. The zero-order valence-electron chi connectivity index (χ0n) is 5.93. The van der Waals surface area contributed by atoms with Crippen LogP contribution in [0.4, 0.5) is 4.79 Å². The van der Waals surface area contributed by atoms with Gasteiger partial charge < -0.3 is 10.4 Å². The first-order chi connectivity index (χ1) is 4.04. The second kappa shape index (κ2) is 3.33. The van der Waals surface area contributed by atoms with Crippen LogP contribution in [0, 0.1) is 5.92 Å². The van der Waals surface area contributed by atoms with Gasteiger partial charge in [0, 0.05) is 6.04 Å². The van der Waals surface area contributed by atoms with Crippen molar-refractivity contribution in [3.05, 3.63) is 5.92 Å². The van der Waals surface area contributed by atoms with Gasteiger partial charge in [-0.1, -0.05) is 13.8 Å². The smallest absolute Gasteiger partial charge is 0.404 e. The maximum Gasteiger partial charge on any atom is 0.404 e. The second-order valence-electron chi connectivity index (χ2n) is 2.25. The van der Waals surface area contributed by atoms with E-state index in [1.165, 1.54) is 0 Å². The van der Waals surface area contributed by atoms with Crippen LogP contribution in [0.2, 0.25) is 0 Å². The summed E-state index contributed by atoms with van der Waals surface area (Å²) in [5, 5.41) is 10.5. The topological polar surface area (TPSA) is 49.3 Å². The molecular weight excluding hydrogens is 118 g/mol. The average molecular weight is 130 g/mol. The summed E-state index contributed by atoms with van der Waals surface area (Å²) < 4.78 is 0. The van der Waals surface area contributed by atoms with Crippen LogP contribution >= 0.6 is 0 Å². The van der Waals surface area contributed by atoms with Gasteiger partial charge in [0.15, 0.2) is 0 Å². The minimum Gasteiger partial charge on any atom is -0.465 e. The summed E-state index contributed by atoms with van der Waals surface area (Å²) in [6, 6.07) is -0.0394. The van der Waals surface area contributed by atoms with Gasteiger partial charge in [-0.05, 0) is 12.8 Å². The Morgan fingerprint density at radius 2 is 2.00 bits per heavy atom. The molecule has 0 bridgehead atoms. The molecule has 0 heterocycles. The Kier molecular flexibility index (Phi) is 3.06. The first kappa shape index (κ1) is 8.27. The fourth-order valence-electron chi connectivity index (χ4n) is 0.330. The van der Waals surface area contributed by atoms with Gasteiger partial charge in [-0.25, -0.2) is 4.79 Å². The van der Waals surface area contributed by atoms with Crippen molar-refractivity contribution in [2.75, 3.05) is 0 Å². The van der Waals surface area contributed by atoms with Crippen molar-refractivity contribution in [1.82, 2.24) is 5.32 Å². The molecule has 0 aliphatic rings. The molecule has 0 fully saturated rings. The summed E-state index contributed by atoms with van der Waals surface area (Å²) in [6.07, 6.45) is -0.969. The Morgan fingerprint density at radius 3 is 2.11 bits per heavy atom. The van der Waals surface area contributed by atoms with Gasteiger partial charge in [-0.15, -0.1) is 0 Å². The zero-order valence-corrected chi connectivity index (χ0v) is 5.93. The van der Waals surface area contributed by atoms with Crippen molar-refractivity contribution >= 4 is 6.09 Å². The van der Waals surface area contributed by atoms with E-state index in [2.05, 4.69) is 5.32 Å². The summed E-state index contributed by atoms with van der Waals surface area (Å²) in [7, 11) is 0. The third kappa shape index (κ3) is 3.82. The molecule has 1 unspecified atom stereocenters. The van der Waals surface area contributed by atoms with Crippen molar-refractivity contribution in [2.45, 2.75) is 26.8 Å². The van der Waals surface area contributed by atoms with E-state index in [1.54, 1.807) is 0 Å². The Balaban J connectivity index is 3.50. The van der Waals surface area contributed by atoms with Crippen molar-refractivity contribution in [2.24, 2.45) is 0 Å². The molecule has 1 atom stereocenters. The number of carboxylic acid groups (broad SMARTS) is 1. The van der Waals surface area contributed by atoms with Crippen LogP contribution in [-0.4, -0.2) is 17.2 Å². The molecule has 3 nitrogen and oxygen atoms in total. The molecule has 0 rings (SSSR count). The Morgan fingerprint density at radius 1 is 1.56 bits per heavy atom. The van der Waals surface area contributed by atoms with E-state index in [-0.39, 0.29) is 6.04 Å². The van der Waals surface area contributed by atoms with E-state index >= 15 is 0 Å². The third-order valence-electron chi connectivity index (χ3n) is 1.21. The molecule has 0 saturated carbocycles. The van der Waals surface area contributed by atoms with Gasteiger partial charge in [-0.2, -0.15) is 0 Å². The number of hydrogen-bond donors (Lipinski definition) is 2. The number of rotatable bonds is 2. The Bertz CT molecular complexity index is 101. The van der Waals surface area contributed by atoms with Crippen molar-refractivity contribution in [3.63, 3.8) is 0 Å². The molecule has 0 aliphatic heterocycles. The first-order valence-corrected chi connectivity index (χ1v) is 2.83. The predicted octanol–water partition coefficient (Wildman–Crippen LogP) is 1.26. The SMILES string of the molecule is C[C](C)C(C)NC(=O)O. The molecular formula is C6H12NO2. The Labute approximate surface area is 55.1 Å². The molecule has 0 saturated heterocycles. The van der Waals surface area contributed by atoms with Crippen LogP contribution in [-0.2, 0) is 0 Å². The van der Waals surface area contributed by atoms with Gasteiger partial charge in [0.1, 0.15) is 0 Å². The highest BCUT2D eigenvalue weighted by Gasteiger charge is 2.08. The fraction of sp³-hybridized carbons (Fsp3) is 0.667. The summed E-state index contributed by atoms with van der Waals surface area (Å²) in [5.74, 6) is 1.07. The number of hydrogen-bond acceptors (Lipinski definition) is 1. The molecule has 0 spiro atoms. The minimum atomic E-state index is -0.969. The van der Waals surface area contributed by atoms with Crippen molar-refractivity contribution in [3.8, 4) is 0 Å². The lowest BCUT2D eigenvalue weighted by atomic mass is 10.1. The van der Waals surface area contributed by atoms with Gasteiger partial charge in [-0.3, -0.25) is 0 Å². The Hall–Kier alpha value is -0.730. The summed E-state index contributed by atoms with van der Waals surface area (Å²) in [6.45, 7) is 5.59. The van der Waals surface area contributed by atoms with E-state index in [1.807, 2.05) is 20.8 Å². The third-order valence-corrected chi connectivity index (χ3v) is 1.21. The van der Waals surface area contributed by atoms with E-state index in [0.29, 0.717) is 0 Å². The highest BCUT2D eigenvalue weighted by Crippen LogP contribution is 2.01. The predicted molar refractivity (Wildman–Crippen MR) is 35.2 cm³/mol. The molecule has 0 aromatic carbocycles. The summed E-state index contributed by atoms with van der Waals surface area (Å²) in [5.41, 5.74) is 0.